The molecule has 0 spiro atoms. The van der Waals surface area contributed by atoms with Crippen LogP contribution in [0.3, 0.4) is 0 Å². The van der Waals surface area contributed by atoms with Crippen LogP contribution in [0, 0.1) is 0 Å². The van der Waals surface area contributed by atoms with Gasteiger partial charge in [-0.05, 0) is 24.3 Å². The van der Waals surface area contributed by atoms with E-state index in [-0.39, 0.29) is 6.54 Å². The van der Waals surface area contributed by atoms with Crippen molar-refractivity contribution >= 4 is 28.6 Å². The molecule has 100 valence electrons. The molecule has 0 saturated carbocycles. The molecule has 2 aromatic carbocycles. The van der Waals surface area contributed by atoms with Crippen molar-refractivity contribution in [1.29, 1.82) is 0 Å². The summed E-state index contributed by atoms with van der Waals surface area (Å²) in [7, 11) is 0. The van der Waals surface area contributed by atoms with E-state index in [9.17, 15) is 4.79 Å². The van der Waals surface area contributed by atoms with Crippen molar-refractivity contribution in [3.8, 4) is 11.4 Å². The number of para-hydroxylation sites is 2. The molecular formula is C15H11ClN2O2. The van der Waals surface area contributed by atoms with Crippen LogP contribution < -0.4 is 0 Å². The summed E-state index contributed by atoms with van der Waals surface area (Å²) in [6, 6.07) is 14.7. The monoisotopic (exact) mass is 286 g/mol. The summed E-state index contributed by atoms with van der Waals surface area (Å²) in [5.74, 6) is -0.299. The maximum absolute atomic E-state index is 11.1. The molecule has 3 rings (SSSR count). The van der Waals surface area contributed by atoms with Crippen LogP contribution in [0.15, 0.2) is 48.5 Å². The number of carboxylic acid groups (broad SMARTS) is 1. The van der Waals surface area contributed by atoms with Gasteiger partial charge in [-0.15, -0.1) is 0 Å². The second-order valence-corrected chi connectivity index (χ2v) is 4.85. The van der Waals surface area contributed by atoms with Crippen LogP contribution in [0.1, 0.15) is 0 Å². The van der Waals surface area contributed by atoms with E-state index in [1.807, 2.05) is 36.4 Å². The Kier molecular flexibility index (Phi) is 3.16. The van der Waals surface area contributed by atoms with E-state index in [0.717, 1.165) is 16.6 Å². The fourth-order valence-electron chi connectivity index (χ4n) is 2.22. The molecule has 0 atom stereocenters. The van der Waals surface area contributed by atoms with Gasteiger partial charge in [-0.2, -0.15) is 0 Å². The number of carboxylic acids is 1. The van der Waals surface area contributed by atoms with Crippen molar-refractivity contribution < 1.29 is 9.90 Å². The smallest absolute Gasteiger partial charge is 0.323 e. The molecule has 1 N–H and O–H groups in total. The molecule has 20 heavy (non-hydrogen) atoms. The van der Waals surface area contributed by atoms with Crippen LogP contribution in [0.5, 0.6) is 0 Å². The van der Waals surface area contributed by atoms with Crippen molar-refractivity contribution in [2.24, 2.45) is 0 Å². The van der Waals surface area contributed by atoms with Crippen LogP contribution in [0.2, 0.25) is 5.02 Å². The van der Waals surface area contributed by atoms with Crippen LogP contribution >= 0.6 is 11.6 Å². The van der Waals surface area contributed by atoms with Gasteiger partial charge in [-0.1, -0.05) is 35.9 Å². The maximum atomic E-state index is 11.1. The van der Waals surface area contributed by atoms with Crippen molar-refractivity contribution in [3.63, 3.8) is 0 Å². The highest BCUT2D eigenvalue weighted by Gasteiger charge is 2.14. The molecule has 4 nitrogen and oxygen atoms in total. The molecule has 0 saturated heterocycles. The highest BCUT2D eigenvalue weighted by atomic mass is 35.5. The first kappa shape index (κ1) is 12.7. The van der Waals surface area contributed by atoms with Gasteiger partial charge in [0.1, 0.15) is 12.4 Å². The van der Waals surface area contributed by atoms with Crippen molar-refractivity contribution in [1.82, 2.24) is 9.55 Å². The first-order chi connectivity index (χ1) is 9.65. The van der Waals surface area contributed by atoms with Gasteiger partial charge in [0, 0.05) is 10.6 Å². The van der Waals surface area contributed by atoms with Gasteiger partial charge < -0.3 is 9.67 Å². The predicted octanol–water partition coefficient (Wildman–Crippen LogP) is 3.44. The molecular weight excluding hydrogens is 276 g/mol. The molecule has 1 aromatic heterocycles. The first-order valence-electron chi connectivity index (χ1n) is 6.08. The van der Waals surface area contributed by atoms with Gasteiger partial charge in [-0.3, -0.25) is 4.79 Å². The summed E-state index contributed by atoms with van der Waals surface area (Å²) < 4.78 is 1.68. The number of carbonyl (C=O) groups is 1. The first-order valence-corrected chi connectivity index (χ1v) is 6.46. The van der Waals surface area contributed by atoms with E-state index in [4.69, 9.17) is 16.7 Å². The highest BCUT2D eigenvalue weighted by Crippen LogP contribution is 2.26. The number of benzene rings is 2. The Morgan fingerprint density at radius 2 is 2.00 bits per heavy atom. The lowest BCUT2D eigenvalue weighted by Gasteiger charge is -2.06. The standard InChI is InChI=1S/C15H11ClN2O2/c16-11-5-3-4-10(8-11)15-17-12-6-1-2-7-13(12)18(15)9-14(19)20/h1-8H,9H2,(H,19,20). The average Bonchev–Trinajstić information content (AvgIpc) is 2.77. The Labute approximate surface area is 120 Å². The predicted molar refractivity (Wildman–Crippen MR) is 77.8 cm³/mol. The van der Waals surface area contributed by atoms with E-state index in [1.165, 1.54) is 0 Å². The van der Waals surface area contributed by atoms with Gasteiger partial charge in [-0.25, -0.2) is 4.98 Å². The number of fused-ring (bicyclic) bond motifs is 1. The van der Waals surface area contributed by atoms with Crippen LogP contribution in [0.25, 0.3) is 22.4 Å². The minimum absolute atomic E-state index is 0.137. The zero-order valence-corrected chi connectivity index (χ0v) is 11.2. The molecule has 5 heteroatoms. The van der Waals surface area contributed by atoms with Gasteiger partial charge in [0.2, 0.25) is 0 Å². The van der Waals surface area contributed by atoms with Crippen LogP contribution in [0.4, 0.5) is 0 Å². The second kappa shape index (κ2) is 4.98. The minimum atomic E-state index is -0.906. The minimum Gasteiger partial charge on any atom is -0.480 e. The Bertz CT molecular complexity index is 795. The summed E-state index contributed by atoms with van der Waals surface area (Å²) in [5.41, 5.74) is 2.36. The Balaban J connectivity index is 2.26. The number of hydrogen-bond acceptors (Lipinski definition) is 2. The van der Waals surface area contributed by atoms with E-state index < -0.39 is 5.97 Å². The summed E-state index contributed by atoms with van der Waals surface area (Å²) in [4.78, 5) is 15.6. The molecule has 0 amide bonds. The molecule has 0 fully saturated rings. The highest BCUT2D eigenvalue weighted by molar-refractivity contribution is 6.30. The molecule has 0 aliphatic heterocycles. The number of aromatic nitrogens is 2. The summed E-state index contributed by atoms with van der Waals surface area (Å²) in [6.45, 7) is -0.137. The van der Waals surface area contributed by atoms with Crippen LogP contribution in [-0.2, 0) is 11.3 Å². The number of imidazole rings is 1. The second-order valence-electron chi connectivity index (χ2n) is 4.41. The van der Waals surface area contributed by atoms with Gasteiger partial charge in [0.05, 0.1) is 11.0 Å². The summed E-state index contributed by atoms with van der Waals surface area (Å²) in [6.07, 6.45) is 0. The molecule has 1 heterocycles. The lowest BCUT2D eigenvalue weighted by atomic mass is 10.2. The maximum Gasteiger partial charge on any atom is 0.323 e. The SMILES string of the molecule is O=C(O)Cn1c(-c2cccc(Cl)c2)nc2ccccc21. The average molecular weight is 287 g/mol. The Morgan fingerprint density at radius 1 is 1.20 bits per heavy atom. The van der Waals surface area contributed by atoms with Crippen molar-refractivity contribution in [3.05, 3.63) is 53.6 Å². The largest absolute Gasteiger partial charge is 0.480 e. The van der Waals surface area contributed by atoms with E-state index >= 15 is 0 Å². The zero-order chi connectivity index (χ0) is 14.1. The Hall–Kier alpha value is -2.33. The molecule has 0 aliphatic rings. The van der Waals surface area contributed by atoms with Gasteiger partial charge >= 0.3 is 5.97 Å². The quantitative estimate of drug-likeness (QED) is 0.802. The fourth-order valence-corrected chi connectivity index (χ4v) is 2.41. The topological polar surface area (TPSA) is 55.1 Å². The summed E-state index contributed by atoms with van der Waals surface area (Å²) in [5, 5.41) is 9.69. The lowest BCUT2D eigenvalue weighted by Crippen LogP contribution is -2.09. The number of halogens is 1. The molecule has 0 aliphatic carbocycles. The molecule has 3 aromatic rings. The fraction of sp³-hybridized carbons (Fsp3) is 0.0667. The number of aliphatic carboxylic acids is 1. The van der Waals surface area contributed by atoms with E-state index in [2.05, 4.69) is 4.98 Å². The van der Waals surface area contributed by atoms with Crippen molar-refractivity contribution in [2.45, 2.75) is 6.54 Å². The van der Waals surface area contributed by atoms with Gasteiger partial charge in [0.25, 0.3) is 0 Å². The molecule has 0 bridgehead atoms. The summed E-state index contributed by atoms with van der Waals surface area (Å²) >= 11 is 6.00. The molecule has 0 unspecified atom stereocenters. The van der Waals surface area contributed by atoms with E-state index in [0.29, 0.717) is 10.8 Å². The molecule has 0 radical (unpaired) electrons. The number of nitrogens with zero attached hydrogens (tertiary/aromatic N) is 2. The van der Waals surface area contributed by atoms with Crippen LogP contribution in [-0.4, -0.2) is 20.6 Å². The number of rotatable bonds is 3. The third-order valence-corrected chi connectivity index (χ3v) is 3.27. The zero-order valence-electron chi connectivity index (χ0n) is 10.5. The normalized spacial score (nSPS) is 10.8. The third kappa shape index (κ3) is 2.26. The lowest BCUT2D eigenvalue weighted by molar-refractivity contribution is -0.137. The van der Waals surface area contributed by atoms with E-state index in [1.54, 1.807) is 16.7 Å². The Morgan fingerprint density at radius 3 is 2.75 bits per heavy atom. The number of hydrogen-bond donors (Lipinski definition) is 1. The van der Waals surface area contributed by atoms with Crippen molar-refractivity contribution in [2.75, 3.05) is 0 Å². The van der Waals surface area contributed by atoms with Gasteiger partial charge in [0.15, 0.2) is 0 Å². The third-order valence-electron chi connectivity index (χ3n) is 3.03.